The monoisotopic (exact) mass is 468 g/mol. The van der Waals surface area contributed by atoms with Crippen molar-refractivity contribution in [1.29, 1.82) is 0 Å². The molecule has 2 atom stereocenters. The number of benzene rings is 1. The van der Waals surface area contributed by atoms with Crippen molar-refractivity contribution < 1.29 is 36.8 Å². The third-order valence-corrected chi connectivity index (χ3v) is 5.29. The first-order valence-corrected chi connectivity index (χ1v) is 10.3. The SMILES string of the molecule is CC(C)(C)OC(=O)N[C@@H]1COCC[C@H]1N1Cc2ccc(-c3noc(C(F)(F)F)n3)cc2C1=O. The van der Waals surface area contributed by atoms with Gasteiger partial charge in [-0.05, 0) is 38.8 Å². The number of fused-ring (bicyclic) bond motifs is 1. The highest BCUT2D eigenvalue weighted by atomic mass is 19.4. The van der Waals surface area contributed by atoms with E-state index < -0.39 is 29.8 Å². The van der Waals surface area contributed by atoms with E-state index in [9.17, 15) is 22.8 Å². The summed E-state index contributed by atoms with van der Waals surface area (Å²) in [6.45, 7) is 6.19. The van der Waals surface area contributed by atoms with Crippen LogP contribution in [0.5, 0.6) is 0 Å². The summed E-state index contributed by atoms with van der Waals surface area (Å²) in [5.41, 5.74) is 0.615. The Morgan fingerprint density at radius 1 is 1.27 bits per heavy atom. The number of alkyl carbamates (subject to hydrolysis) is 1. The molecule has 0 radical (unpaired) electrons. The number of carbonyl (C=O) groups is 2. The lowest BCUT2D eigenvalue weighted by molar-refractivity contribution is -0.159. The summed E-state index contributed by atoms with van der Waals surface area (Å²) in [4.78, 5) is 30.5. The molecule has 33 heavy (non-hydrogen) atoms. The van der Waals surface area contributed by atoms with Gasteiger partial charge in [-0.3, -0.25) is 4.79 Å². The topological polar surface area (TPSA) is 107 Å². The molecule has 1 aromatic heterocycles. The van der Waals surface area contributed by atoms with Gasteiger partial charge < -0.3 is 24.2 Å². The van der Waals surface area contributed by atoms with Gasteiger partial charge in [0.25, 0.3) is 5.91 Å². The lowest BCUT2D eigenvalue weighted by Gasteiger charge is -2.38. The number of aromatic nitrogens is 2. The van der Waals surface area contributed by atoms with Crippen LogP contribution in [0.4, 0.5) is 18.0 Å². The average molecular weight is 468 g/mol. The van der Waals surface area contributed by atoms with Crippen LogP contribution in [-0.4, -0.2) is 57.9 Å². The van der Waals surface area contributed by atoms with Gasteiger partial charge in [-0.15, -0.1) is 0 Å². The first-order valence-electron chi connectivity index (χ1n) is 10.3. The normalized spacial score (nSPS) is 21.2. The van der Waals surface area contributed by atoms with Crippen molar-refractivity contribution in [3.8, 4) is 11.4 Å². The molecule has 0 saturated carbocycles. The highest BCUT2D eigenvalue weighted by Crippen LogP contribution is 2.33. The van der Waals surface area contributed by atoms with Crippen molar-refractivity contribution >= 4 is 12.0 Å². The van der Waals surface area contributed by atoms with Gasteiger partial charge in [0.05, 0.1) is 18.7 Å². The van der Waals surface area contributed by atoms with Crippen molar-refractivity contribution in [2.75, 3.05) is 13.2 Å². The van der Waals surface area contributed by atoms with Gasteiger partial charge in [-0.2, -0.15) is 18.2 Å². The van der Waals surface area contributed by atoms with Crippen molar-refractivity contribution in [3.05, 3.63) is 35.2 Å². The Balaban J connectivity index is 1.53. The smallest absolute Gasteiger partial charge is 0.444 e. The average Bonchev–Trinajstić information content (AvgIpc) is 3.32. The molecule has 0 bridgehead atoms. The molecule has 0 unspecified atom stereocenters. The van der Waals surface area contributed by atoms with Gasteiger partial charge in [0, 0.05) is 24.3 Å². The van der Waals surface area contributed by atoms with Crippen LogP contribution in [0.25, 0.3) is 11.4 Å². The summed E-state index contributed by atoms with van der Waals surface area (Å²) in [5, 5.41) is 6.16. The maximum atomic E-state index is 13.2. The highest BCUT2D eigenvalue weighted by Gasteiger charge is 2.41. The van der Waals surface area contributed by atoms with E-state index >= 15 is 0 Å². The Morgan fingerprint density at radius 3 is 2.70 bits per heavy atom. The molecule has 12 heteroatoms. The molecule has 9 nitrogen and oxygen atoms in total. The molecule has 3 heterocycles. The molecule has 0 aliphatic carbocycles. The summed E-state index contributed by atoms with van der Waals surface area (Å²) in [6.07, 6.45) is -4.85. The molecule has 0 spiro atoms. The molecule has 1 aromatic carbocycles. The number of hydrogen-bond donors (Lipinski definition) is 1. The fourth-order valence-electron chi connectivity index (χ4n) is 3.88. The summed E-state index contributed by atoms with van der Waals surface area (Å²) in [7, 11) is 0. The maximum Gasteiger partial charge on any atom is 0.471 e. The Morgan fingerprint density at radius 2 is 2.03 bits per heavy atom. The number of carbonyl (C=O) groups excluding carboxylic acids is 2. The van der Waals surface area contributed by atoms with Crippen LogP contribution in [0.1, 0.15) is 49.0 Å². The van der Waals surface area contributed by atoms with Gasteiger partial charge in [0.1, 0.15) is 5.60 Å². The van der Waals surface area contributed by atoms with E-state index in [0.29, 0.717) is 30.7 Å². The van der Waals surface area contributed by atoms with Crippen LogP contribution in [0.3, 0.4) is 0 Å². The first kappa shape index (κ1) is 23.0. The van der Waals surface area contributed by atoms with E-state index in [0.717, 1.165) is 0 Å². The number of halogens is 3. The van der Waals surface area contributed by atoms with Crippen molar-refractivity contribution in [2.45, 2.75) is 57.6 Å². The zero-order chi connectivity index (χ0) is 24.0. The second-order valence-electron chi connectivity index (χ2n) is 8.91. The zero-order valence-corrected chi connectivity index (χ0v) is 18.2. The lowest BCUT2D eigenvalue weighted by atomic mass is 10.0. The van der Waals surface area contributed by atoms with E-state index in [1.165, 1.54) is 6.07 Å². The number of nitrogens with one attached hydrogen (secondary N) is 1. The summed E-state index contributed by atoms with van der Waals surface area (Å²) < 4.78 is 53.4. The van der Waals surface area contributed by atoms with E-state index in [4.69, 9.17) is 9.47 Å². The molecule has 1 saturated heterocycles. The maximum absolute atomic E-state index is 13.2. The third-order valence-electron chi connectivity index (χ3n) is 5.29. The Kier molecular flexibility index (Phi) is 5.81. The summed E-state index contributed by atoms with van der Waals surface area (Å²) >= 11 is 0. The number of alkyl halides is 3. The standard InChI is InChI=1S/C21H23F3N4O5/c1-20(2,3)32-19(30)25-14-10-31-7-6-15(14)28-9-12-5-4-11(8-13(12)17(28)29)16-26-18(33-27-16)21(22,23)24/h4-5,8,14-15H,6-7,9-10H2,1-3H3,(H,25,30)/t14-,15-/m1/s1. The van der Waals surface area contributed by atoms with Crippen LogP contribution in [0.15, 0.2) is 22.7 Å². The minimum absolute atomic E-state index is 0.221. The van der Waals surface area contributed by atoms with Gasteiger partial charge in [-0.1, -0.05) is 17.3 Å². The molecule has 2 amide bonds. The predicted molar refractivity (Wildman–Crippen MR) is 107 cm³/mol. The Bertz CT molecular complexity index is 1060. The second-order valence-corrected chi connectivity index (χ2v) is 8.91. The predicted octanol–water partition coefficient (Wildman–Crippen LogP) is 3.39. The van der Waals surface area contributed by atoms with Crippen LogP contribution in [-0.2, 0) is 22.2 Å². The van der Waals surface area contributed by atoms with Crippen LogP contribution in [0, 0.1) is 0 Å². The molecule has 178 valence electrons. The van der Waals surface area contributed by atoms with Crippen LogP contribution < -0.4 is 5.32 Å². The fourth-order valence-corrected chi connectivity index (χ4v) is 3.88. The molecule has 1 N–H and O–H groups in total. The second kappa shape index (κ2) is 8.32. The van der Waals surface area contributed by atoms with Crippen molar-refractivity contribution in [2.24, 2.45) is 0 Å². The number of nitrogens with zero attached hydrogens (tertiary/aromatic N) is 3. The molecule has 2 aliphatic heterocycles. The quantitative estimate of drug-likeness (QED) is 0.736. The summed E-state index contributed by atoms with van der Waals surface area (Å²) in [6, 6.07) is 3.84. The number of hydrogen-bond acceptors (Lipinski definition) is 7. The van der Waals surface area contributed by atoms with Crippen molar-refractivity contribution in [1.82, 2.24) is 20.4 Å². The molecule has 4 rings (SSSR count). The number of amides is 2. The Labute approximate surface area is 187 Å². The summed E-state index contributed by atoms with van der Waals surface area (Å²) in [5.74, 6) is -2.01. The van der Waals surface area contributed by atoms with Gasteiger partial charge in [0.15, 0.2) is 0 Å². The molecule has 1 fully saturated rings. The molecular weight excluding hydrogens is 445 g/mol. The highest BCUT2D eigenvalue weighted by molar-refractivity contribution is 5.99. The third kappa shape index (κ3) is 4.95. The minimum atomic E-state index is -4.76. The fraction of sp³-hybridized carbons (Fsp3) is 0.524. The molecule has 2 aliphatic rings. The number of rotatable bonds is 3. The van der Waals surface area contributed by atoms with Crippen molar-refractivity contribution in [3.63, 3.8) is 0 Å². The van der Waals surface area contributed by atoms with Gasteiger partial charge in [0.2, 0.25) is 5.82 Å². The van der Waals surface area contributed by atoms with E-state index in [2.05, 4.69) is 20.0 Å². The Hall–Kier alpha value is -3.15. The van der Waals surface area contributed by atoms with Crippen LogP contribution in [0.2, 0.25) is 0 Å². The largest absolute Gasteiger partial charge is 0.471 e. The zero-order valence-electron chi connectivity index (χ0n) is 18.2. The van der Waals surface area contributed by atoms with Gasteiger partial charge >= 0.3 is 18.2 Å². The van der Waals surface area contributed by atoms with Gasteiger partial charge in [-0.25, -0.2) is 4.79 Å². The molecular formula is C21H23F3N4O5. The molecule has 2 aromatic rings. The van der Waals surface area contributed by atoms with E-state index in [-0.39, 0.29) is 29.9 Å². The lowest BCUT2D eigenvalue weighted by Crippen LogP contribution is -2.57. The number of ether oxygens (including phenoxy) is 2. The minimum Gasteiger partial charge on any atom is -0.444 e. The van der Waals surface area contributed by atoms with E-state index in [1.54, 1.807) is 37.8 Å². The van der Waals surface area contributed by atoms with Crippen LogP contribution >= 0.6 is 0 Å². The van der Waals surface area contributed by atoms with E-state index in [1.807, 2.05) is 0 Å². The first-order chi connectivity index (χ1) is 15.4.